The maximum Gasteiger partial charge on any atom is 0.239 e. The van der Waals surface area contributed by atoms with E-state index in [0.29, 0.717) is 39.4 Å². The summed E-state index contributed by atoms with van der Waals surface area (Å²) in [7, 11) is -3.65. The highest BCUT2D eigenvalue weighted by Gasteiger charge is 2.21. The van der Waals surface area contributed by atoms with Gasteiger partial charge in [0, 0.05) is 24.6 Å². The molecule has 1 N–H and O–H groups in total. The van der Waals surface area contributed by atoms with Crippen molar-refractivity contribution in [3.8, 4) is 0 Å². The summed E-state index contributed by atoms with van der Waals surface area (Å²) in [5, 5.41) is 7.37. The van der Waals surface area contributed by atoms with Crippen molar-refractivity contribution in [1.29, 1.82) is 0 Å². The zero-order valence-electron chi connectivity index (χ0n) is 18.4. The normalized spacial score (nSPS) is 11.8. The molecule has 0 aliphatic carbocycles. The number of hydrogen-bond donors (Lipinski definition) is 1. The van der Waals surface area contributed by atoms with Crippen molar-refractivity contribution in [2.45, 2.75) is 32.7 Å². The Bertz CT molecular complexity index is 1230. The van der Waals surface area contributed by atoms with Crippen LogP contribution in [-0.2, 0) is 27.8 Å². The standard InChI is InChI=1S/C22H24Cl2N4O4S/c1-14(2)22-26-20(27-32-22)11-15-4-7-17(8-5-15)25-21(29)13-28(33(3,30)31)12-16-6-9-18(23)19(24)10-16/h4-10,14H,11-13H2,1-3H3,(H,25,29). The van der Waals surface area contributed by atoms with Crippen LogP contribution in [0.5, 0.6) is 0 Å². The van der Waals surface area contributed by atoms with Crippen LogP contribution >= 0.6 is 23.2 Å². The van der Waals surface area contributed by atoms with E-state index >= 15 is 0 Å². The average molecular weight is 511 g/mol. The molecule has 0 atom stereocenters. The van der Waals surface area contributed by atoms with E-state index in [1.807, 2.05) is 26.0 Å². The fourth-order valence-electron chi connectivity index (χ4n) is 2.96. The number of hydrogen-bond acceptors (Lipinski definition) is 6. The number of anilines is 1. The Morgan fingerprint density at radius 3 is 2.33 bits per heavy atom. The summed E-state index contributed by atoms with van der Waals surface area (Å²) in [6.07, 6.45) is 1.55. The second kappa shape index (κ2) is 10.6. The number of rotatable bonds is 9. The lowest BCUT2D eigenvalue weighted by Crippen LogP contribution is -2.36. The third-order valence-corrected chi connectivity index (χ3v) is 6.64. The van der Waals surface area contributed by atoms with Gasteiger partial charge in [-0.25, -0.2) is 8.42 Å². The first kappa shape index (κ1) is 25.2. The van der Waals surface area contributed by atoms with Gasteiger partial charge in [-0.1, -0.05) is 60.4 Å². The van der Waals surface area contributed by atoms with Crippen molar-refractivity contribution < 1.29 is 17.7 Å². The smallest absolute Gasteiger partial charge is 0.239 e. The molecule has 8 nitrogen and oxygen atoms in total. The van der Waals surface area contributed by atoms with Crippen molar-refractivity contribution in [1.82, 2.24) is 14.4 Å². The molecule has 0 fully saturated rings. The third-order valence-electron chi connectivity index (χ3n) is 4.71. The molecule has 0 radical (unpaired) electrons. The summed E-state index contributed by atoms with van der Waals surface area (Å²) in [5.74, 6) is 0.867. The minimum atomic E-state index is -3.65. The molecule has 0 unspecified atom stereocenters. The fourth-order valence-corrected chi connectivity index (χ4v) is 4.01. The van der Waals surface area contributed by atoms with Crippen molar-refractivity contribution in [3.63, 3.8) is 0 Å². The molecule has 2 aromatic carbocycles. The van der Waals surface area contributed by atoms with E-state index in [1.165, 1.54) is 0 Å². The Morgan fingerprint density at radius 1 is 1.09 bits per heavy atom. The molecule has 3 aromatic rings. The molecule has 176 valence electrons. The van der Waals surface area contributed by atoms with Crippen molar-refractivity contribution in [3.05, 3.63) is 75.4 Å². The van der Waals surface area contributed by atoms with Crippen molar-refractivity contribution in [2.75, 3.05) is 18.1 Å². The number of carbonyl (C=O) groups is 1. The van der Waals surface area contributed by atoms with Crippen LogP contribution in [0.3, 0.4) is 0 Å². The van der Waals surface area contributed by atoms with Gasteiger partial charge in [0.2, 0.25) is 21.8 Å². The summed E-state index contributed by atoms with van der Waals surface area (Å²) in [4.78, 5) is 16.9. The second-order valence-electron chi connectivity index (χ2n) is 7.90. The second-order valence-corrected chi connectivity index (χ2v) is 10.7. The molecule has 3 rings (SSSR count). The van der Waals surface area contributed by atoms with E-state index in [0.717, 1.165) is 16.1 Å². The van der Waals surface area contributed by atoms with Gasteiger partial charge in [0.1, 0.15) is 0 Å². The molecular weight excluding hydrogens is 487 g/mol. The van der Waals surface area contributed by atoms with E-state index in [4.69, 9.17) is 27.7 Å². The van der Waals surface area contributed by atoms with Gasteiger partial charge < -0.3 is 9.84 Å². The number of nitrogens with one attached hydrogen (secondary N) is 1. The molecule has 0 saturated heterocycles. The SMILES string of the molecule is CC(C)c1nc(Cc2ccc(NC(=O)CN(Cc3ccc(Cl)c(Cl)c3)S(C)(=O)=O)cc2)no1. The largest absolute Gasteiger partial charge is 0.339 e. The van der Waals surface area contributed by atoms with Gasteiger partial charge in [-0.15, -0.1) is 0 Å². The molecule has 1 aromatic heterocycles. The van der Waals surface area contributed by atoms with Gasteiger partial charge in [0.25, 0.3) is 0 Å². The van der Waals surface area contributed by atoms with E-state index in [1.54, 1.807) is 30.3 Å². The van der Waals surface area contributed by atoms with Gasteiger partial charge in [-0.3, -0.25) is 4.79 Å². The minimum absolute atomic E-state index is 0.00878. The molecule has 0 spiro atoms. The zero-order chi connectivity index (χ0) is 24.2. The van der Waals surface area contributed by atoms with E-state index in [2.05, 4.69) is 15.5 Å². The first-order chi connectivity index (χ1) is 15.5. The predicted molar refractivity (Wildman–Crippen MR) is 128 cm³/mol. The third kappa shape index (κ3) is 7.26. The number of amides is 1. The number of aromatic nitrogens is 2. The van der Waals surface area contributed by atoms with Gasteiger partial charge in [-0.2, -0.15) is 9.29 Å². The Hall–Kier alpha value is -2.46. The summed E-state index contributed by atoms with van der Waals surface area (Å²) in [5.41, 5.74) is 2.11. The molecule has 1 heterocycles. The predicted octanol–water partition coefficient (Wildman–Crippen LogP) is 4.49. The average Bonchev–Trinajstić information content (AvgIpc) is 3.20. The monoisotopic (exact) mass is 510 g/mol. The van der Waals surface area contributed by atoms with Crippen LogP contribution in [0.2, 0.25) is 10.0 Å². The first-order valence-corrected chi connectivity index (χ1v) is 12.7. The van der Waals surface area contributed by atoms with E-state index in [9.17, 15) is 13.2 Å². The van der Waals surface area contributed by atoms with Crippen LogP contribution in [0.25, 0.3) is 0 Å². The molecule has 1 amide bonds. The molecule has 11 heteroatoms. The summed E-state index contributed by atoms with van der Waals surface area (Å²) >= 11 is 11.9. The lowest BCUT2D eigenvalue weighted by Gasteiger charge is -2.20. The number of benzene rings is 2. The van der Waals surface area contributed by atoms with Crippen LogP contribution in [0, 0.1) is 0 Å². The number of carbonyl (C=O) groups excluding carboxylic acids is 1. The molecule has 0 aliphatic heterocycles. The maximum atomic E-state index is 12.5. The fraction of sp³-hybridized carbons (Fsp3) is 0.318. The Morgan fingerprint density at radius 2 is 1.76 bits per heavy atom. The zero-order valence-corrected chi connectivity index (χ0v) is 20.7. The molecule has 33 heavy (non-hydrogen) atoms. The highest BCUT2D eigenvalue weighted by atomic mass is 35.5. The van der Waals surface area contributed by atoms with Crippen LogP contribution in [0.15, 0.2) is 47.0 Å². The number of sulfonamides is 1. The van der Waals surface area contributed by atoms with E-state index in [-0.39, 0.29) is 19.0 Å². The topological polar surface area (TPSA) is 105 Å². The Labute approximate surface area is 202 Å². The number of nitrogens with zero attached hydrogens (tertiary/aromatic N) is 3. The summed E-state index contributed by atoms with van der Waals surface area (Å²) in [6, 6.07) is 12.0. The van der Waals surface area contributed by atoms with Gasteiger partial charge in [0.15, 0.2) is 5.82 Å². The van der Waals surface area contributed by atoms with Gasteiger partial charge in [0.05, 0.1) is 22.8 Å². The summed E-state index contributed by atoms with van der Waals surface area (Å²) in [6.45, 7) is 3.60. The maximum absolute atomic E-state index is 12.5. The highest BCUT2D eigenvalue weighted by molar-refractivity contribution is 7.88. The molecule has 0 bridgehead atoms. The van der Waals surface area contributed by atoms with Crippen molar-refractivity contribution >= 4 is 44.8 Å². The highest BCUT2D eigenvalue weighted by Crippen LogP contribution is 2.24. The lowest BCUT2D eigenvalue weighted by atomic mass is 10.1. The van der Waals surface area contributed by atoms with Gasteiger partial charge >= 0.3 is 0 Å². The quantitative estimate of drug-likeness (QED) is 0.454. The van der Waals surface area contributed by atoms with E-state index < -0.39 is 15.9 Å². The minimum Gasteiger partial charge on any atom is -0.339 e. The molecular formula is C22H24Cl2N4O4S. The lowest BCUT2D eigenvalue weighted by molar-refractivity contribution is -0.116. The molecule has 0 saturated carbocycles. The van der Waals surface area contributed by atoms with Crippen LogP contribution < -0.4 is 5.32 Å². The first-order valence-electron chi connectivity index (χ1n) is 10.1. The van der Waals surface area contributed by atoms with Crippen LogP contribution in [-0.4, -0.2) is 41.6 Å². The summed E-state index contributed by atoms with van der Waals surface area (Å²) < 4.78 is 30.7. The van der Waals surface area contributed by atoms with Crippen molar-refractivity contribution in [2.24, 2.45) is 0 Å². The van der Waals surface area contributed by atoms with Crippen LogP contribution in [0.1, 0.15) is 42.6 Å². The number of halogens is 2. The van der Waals surface area contributed by atoms with Gasteiger partial charge in [-0.05, 0) is 35.4 Å². The molecule has 0 aliphatic rings. The Balaban J connectivity index is 1.61. The van der Waals surface area contributed by atoms with Crippen LogP contribution in [0.4, 0.5) is 5.69 Å². The Kier molecular flexibility index (Phi) is 8.12.